The van der Waals surface area contributed by atoms with Gasteiger partial charge in [0, 0.05) is 31.1 Å². The number of nitrogens with zero attached hydrogens (tertiary/aromatic N) is 3. The van der Waals surface area contributed by atoms with Crippen LogP contribution in [0.2, 0.25) is 0 Å². The van der Waals surface area contributed by atoms with Gasteiger partial charge in [-0.25, -0.2) is 9.37 Å². The Balaban J connectivity index is 1.45. The molecule has 2 aromatic carbocycles. The van der Waals surface area contributed by atoms with Gasteiger partial charge in [-0.15, -0.1) is 0 Å². The van der Waals surface area contributed by atoms with Gasteiger partial charge in [0.25, 0.3) is 11.8 Å². The maximum atomic E-state index is 14.8. The molecule has 0 radical (unpaired) electrons. The van der Waals surface area contributed by atoms with Crippen molar-refractivity contribution in [2.24, 2.45) is 5.92 Å². The normalized spacial score (nSPS) is 20.7. The minimum atomic E-state index is -0.757. The summed E-state index contributed by atoms with van der Waals surface area (Å²) in [4.78, 5) is 61.2. The first-order valence-corrected chi connectivity index (χ1v) is 14.5. The molecule has 2 N–H and O–H groups in total. The molecule has 1 saturated heterocycles. The number of halogens is 1. The number of aromatic nitrogens is 1. The first kappa shape index (κ1) is 29.2. The van der Waals surface area contributed by atoms with E-state index in [9.17, 15) is 23.6 Å². The lowest BCUT2D eigenvalue weighted by molar-refractivity contribution is -0.126. The smallest absolute Gasteiger partial charge is 0.273 e. The number of pyridine rings is 1. The fraction of sp³-hybridized carbons (Fsp3) is 0.406. The van der Waals surface area contributed by atoms with E-state index in [1.165, 1.54) is 15.9 Å². The lowest BCUT2D eigenvalue weighted by atomic mass is 10.0. The van der Waals surface area contributed by atoms with Crippen LogP contribution >= 0.6 is 0 Å². The molecule has 2 atom stereocenters. The Bertz CT molecular complexity index is 1510. The van der Waals surface area contributed by atoms with E-state index >= 15 is 0 Å². The third-order valence-corrected chi connectivity index (χ3v) is 8.03. The van der Waals surface area contributed by atoms with Crippen molar-refractivity contribution in [1.29, 1.82) is 0 Å². The number of hydrogen-bond donors (Lipinski definition) is 2. The zero-order valence-electron chi connectivity index (χ0n) is 23.9. The Morgan fingerprint density at radius 1 is 1.05 bits per heavy atom. The van der Waals surface area contributed by atoms with Gasteiger partial charge in [-0.05, 0) is 61.4 Å². The third kappa shape index (κ3) is 6.42. The van der Waals surface area contributed by atoms with E-state index in [1.54, 1.807) is 18.2 Å². The second-order valence-corrected chi connectivity index (χ2v) is 11.4. The predicted molar refractivity (Wildman–Crippen MR) is 156 cm³/mol. The van der Waals surface area contributed by atoms with E-state index < -0.39 is 29.7 Å². The molecule has 1 aromatic heterocycles. The summed E-state index contributed by atoms with van der Waals surface area (Å²) in [6.07, 6.45) is 2.15. The molecule has 220 valence electrons. The van der Waals surface area contributed by atoms with Crippen molar-refractivity contribution in [3.8, 4) is 0 Å². The number of aryl methyl sites for hydroxylation is 1. The van der Waals surface area contributed by atoms with Crippen LogP contribution in [0.3, 0.4) is 0 Å². The Labute approximate surface area is 244 Å². The summed E-state index contributed by atoms with van der Waals surface area (Å²) in [5.74, 6) is -2.35. The molecule has 3 heterocycles. The molecular formula is C32H36FN5O4. The highest BCUT2D eigenvalue weighted by atomic mass is 19.1. The van der Waals surface area contributed by atoms with Crippen LogP contribution in [0.1, 0.15) is 59.5 Å². The molecule has 10 heteroatoms. The van der Waals surface area contributed by atoms with E-state index in [4.69, 9.17) is 0 Å². The first-order valence-electron chi connectivity index (χ1n) is 14.5. The zero-order valence-corrected chi connectivity index (χ0v) is 23.9. The number of carbonyl (C=O) groups excluding carboxylic acids is 4. The Hall–Kier alpha value is -4.34. The second kappa shape index (κ2) is 12.7. The number of amides is 4. The van der Waals surface area contributed by atoms with Crippen molar-refractivity contribution < 1.29 is 23.6 Å². The average Bonchev–Trinajstić information content (AvgIpc) is 3.48. The summed E-state index contributed by atoms with van der Waals surface area (Å²) in [7, 11) is 0. The second-order valence-electron chi connectivity index (χ2n) is 11.4. The van der Waals surface area contributed by atoms with Crippen LogP contribution in [-0.4, -0.2) is 76.7 Å². The maximum Gasteiger partial charge on any atom is 0.273 e. The van der Waals surface area contributed by atoms with Crippen molar-refractivity contribution in [3.63, 3.8) is 0 Å². The highest BCUT2D eigenvalue weighted by Crippen LogP contribution is 2.24. The van der Waals surface area contributed by atoms with E-state index in [2.05, 4.69) is 15.6 Å². The van der Waals surface area contributed by atoms with E-state index in [-0.39, 0.29) is 42.1 Å². The Morgan fingerprint density at radius 3 is 2.67 bits per heavy atom. The fourth-order valence-corrected chi connectivity index (χ4v) is 5.58. The molecule has 3 aromatic rings. The van der Waals surface area contributed by atoms with Crippen LogP contribution in [0.4, 0.5) is 4.39 Å². The molecule has 0 saturated carbocycles. The largest absolute Gasteiger partial charge is 0.355 e. The highest BCUT2D eigenvalue weighted by Gasteiger charge is 2.37. The van der Waals surface area contributed by atoms with Crippen molar-refractivity contribution in [1.82, 2.24) is 25.4 Å². The van der Waals surface area contributed by atoms with Gasteiger partial charge < -0.3 is 20.4 Å². The number of fused-ring (bicyclic) bond motifs is 4. The minimum Gasteiger partial charge on any atom is -0.355 e. The molecule has 0 unspecified atom stereocenters. The molecule has 4 amide bonds. The van der Waals surface area contributed by atoms with E-state index in [0.717, 1.165) is 10.9 Å². The van der Waals surface area contributed by atoms with E-state index in [0.29, 0.717) is 44.3 Å². The third-order valence-electron chi connectivity index (χ3n) is 8.03. The molecule has 2 bridgehead atoms. The average molecular weight is 574 g/mol. The van der Waals surface area contributed by atoms with Gasteiger partial charge in [0.15, 0.2) is 0 Å². The SMILES string of the molecule is CC(C)[C@@H]1CN(C(=O)c2ccc3ccccc3n2)CC(=O)NCCCc2ccc(F)c(c2)C(=O)N2CCC[C@H]2C(=O)N1. The van der Waals surface area contributed by atoms with Crippen molar-refractivity contribution in [3.05, 3.63) is 77.2 Å². The summed E-state index contributed by atoms with van der Waals surface area (Å²) in [5, 5.41) is 6.79. The predicted octanol–water partition coefficient (Wildman–Crippen LogP) is 3.32. The highest BCUT2D eigenvalue weighted by molar-refractivity contribution is 5.99. The maximum absolute atomic E-state index is 14.8. The van der Waals surface area contributed by atoms with Crippen LogP contribution in [0.25, 0.3) is 10.9 Å². The summed E-state index contributed by atoms with van der Waals surface area (Å²) in [6.45, 7) is 4.39. The van der Waals surface area contributed by atoms with Crippen molar-refractivity contribution >= 4 is 34.5 Å². The number of hydrogen-bond acceptors (Lipinski definition) is 5. The van der Waals surface area contributed by atoms with Gasteiger partial charge in [-0.3, -0.25) is 19.2 Å². The lowest BCUT2D eigenvalue weighted by Gasteiger charge is -2.32. The minimum absolute atomic E-state index is 0.0550. The Morgan fingerprint density at radius 2 is 1.86 bits per heavy atom. The molecule has 1 fully saturated rings. The van der Waals surface area contributed by atoms with Gasteiger partial charge in [0.1, 0.15) is 17.6 Å². The van der Waals surface area contributed by atoms with Gasteiger partial charge >= 0.3 is 0 Å². The summed E-state index contributed by atoms with van der Waals surface area (Å²) in [5.41, 5.74) is 1.58. The number of carbonyl (C=O) groups is 4. The summed E-state index contributed by atoms with van der Waals surface area (Å²) >= 11 is 0. The van der Waals surface area contributed by atoms with E-state index in [1.807, 2.05) is 44.2 Å². The van der Waals surface area contributed by atoms with Gasteiger partial charge in [0.2, 0.25) is 11.8 Å². The van der Waals surface area contributed by atoms with Crippen molar-refractivity contribution in [2.75, 3.05) is 26.2 Å². The zero-order chi connectivity index (χ0) is 29.8. The van der Waals surface area contributed by atoms with Crippen LogP contribution < -0.4 is 10.6 Å². The quantitative estimate of drug-likeness (QED) is 0.489. The monoisotopic (exact) mass is 573 g/mol. The molecule has 5 rings (SSSR count). The summed E-state index contributed by atoms with van der Waals surface area (Å²) < 4.78 is 14.8. The molecular weight excluding hydrogens is 537 g/mol. The van der Waals surface area contributed by atoms with Gasteiger partial charge in [-0.1, -0.05) is 44.2 Å². The number of para-hydroxylation sites is 1. The van der Waals surface area contributed by atoms with Crippen LogP contribution in [0, 0.1) is 11.7 Å². The summed E-state index contributed by atoms with van der Waals surface area (Å²) in [6, 6.07) is 14.1. The van der Waals surface area contributed by atoms with Crippen LogP contribution in [0.5, 0.6) is 0 Å². The molecule has 9 nitrogen and oxygen atoms in total. The number of rotatable bonds is 2. The molecule has 2 aliphatic rings. The topological polar surface area (TPSA) is 112 Å². The van der Waals surface area contributed by atoms with Crippen LogP contribution in [-0.2, 0) is 16.0 Å². The number of nitrogens with one attached hydrogen (secondary N) is 2. The standard InChI is InChI=1S/C32H36FN5O4/c1-20(2)27-18-37(32(42)26-14-12-22-8-3-4-9-25(22)35-26)19-29(39)34-15-5-7-21-11-13-24(33)23(17-21)31(41)38-16-6-10-28(38)30(40)36-27/h3-4,8-9,11-14,17,20,27-28H,5-7,10,15-16,18-19H2,1-2H3,(H,34,39)(H,36,40)/t27-,28-/m0/s1. The molecule has 0 spiro atoms. The van der Waals surface area contributed by atoms with Gasteiger partial charge in [-0.2, -0.15) is 0 Å². The molecule has 42 heavy (non-hydrogen) atoms. The first-order chi connectivity index (χ1) is 20.2. The molecule has 0 aliphatic carbocycles. The van der Waals surface area contributed by atoms with Crippen LogP contribution in [0.15, 0.2) is 54.6 Å². The molecule has 2 aliphatic heterocycles. The lowest BCUT2D eigenvalue weighted by Crippen LogP contribution is -2.55. The number of benzene rings is 2. The Kier molecular flexibility index (Phi) is 8.80. The van der Waals surface area contributed by atoms with Crippen molar-refractivity contribution in [2.45, 2.75) is 51.6 Å². The van der Waals surface area contributed by atoms with Gasteiger partial charge in [0.05, 0.1) is 17.6 Å². The fourth-order valence-electron chi connectivity index (χ4n) is 5.58.